The maximum absolute atomic E-state index is 15.2. The molecule has 4 rings (SSSR count). The molecule has 0 aromatic heterocycles. The summed E-state index contributed by atoms with van der Waals surface area (Å²) in [5.41, 5.74) is 1.80. The van der Waals surface area contributed by atoms with Crippen LogP contribution in [0.2, 0.25) is 0 Å². The third-order valence-corrected chi connectivity index (χ3v) is 5.63. The number of benzene rings is 4. The molecule has 4 aromatic rings. The highest BCUT2D eigenvalue weighted by atomic mass is 19.1. The molecule has 0 unspecified atom stereocenters. The molecule has 0 aliphatic carbocycles. The molecule has 0 aliphatic rings. The van der Waals surface area contributed by atoms with Gasteiger partial charge in [0.1, 0.15) is 11.6 Å². The molecule has 0 aliphatic heterocycles. The fourth-order valence-electron chi connectivity index (χ4n) is 3.93. The summed E-state index contributed by atoms with van der Waals surface area (Å²) >= 11 is 0. The maximum Gasteiger partial charge on any atom is 0.190 e. The van der Waals surface area contributed by atoms with Crippen molar-refractivity contribution >= 4 is 10.8 Å². The van der Waals surface area contributed by atoms with Crippen LogP contribution in [0.25, 0.3) is 33.0 Å². The van der Waals surface area contributed by atoms with Gasteiger partial charge in [0.15, 0.2) is 17.4 Å². The van der Waals surface area contributed by atoms with E-state index in [1.54, 1.807) is 12.1 Å². The standard InChI is InChI=1S/C27H22F4O/c1-3-4-5-16-6-9-21-17(12-16)8-11-22(26(21)31)18-7-10-20(23(28)13-18)19-14-24(29)27(32-2)25(30)15-19/h6-15H,3-5H2,1-2H3. The van der Waals surface area contributed by atoms with Crippen molar-refractivity contribution in [3.63, 3.8) is 0 Å². The Morgan fingerprint density at radius 3 is 2.06 bits per heavy atom. The molecule has 0 spiro atoms. The molecule has 0 N–H and O–H groups in total. The van der Waals surface area contributed by atoms with Gasteiger partial charge in [0.2, 0.25) is 0 Å². The summed E-state index contributed by atoms with van der Waals surface area (Å²) < 4.78 is 62.9. The molecule has 0 bridgehead atoms. The highest BCUT2D eigenvalue weighted by molar-refractivity contribution is 5.89. The van der Waals surface area contributed by atoms with Crippen molar-refractivity contribution in [1.29, 1.82) is 0 Å². The minimum atomic E-state index is -0.926. The smallest absolute Gasteiger partial charge is 0.190 e. The number of rotatable bonds is 6. The van der Waals surface area contributed by atoms with Gasteiger partial charge < -0.3 is 4.74 Å². The summed E-state index contributed by atoms with van der Waals surface area (Å²) in [6, 6.07) is 15.2. The zero-order valence-corrected chi connectivity index (χ0v) is 17.8. The van der Waals surface area contributed by atoms with Gasteiger partial charge in [-0.15, -0.1) is 0 Å². The van der Waals surface area contributed by atoms with Crippen molar-refractivity contribution < 1.29 is 22.3 Å². The molecule has 0 atom stereocenters. The highest BCUT2D eigenvalue weighted by Crippen LogP contribution is 2.34. The average molecular weight is 438 g/mol. The Bertz CT molecular complexity index is 1270. The Balaban J connectivity index is 1.72. The van der Waals surface area contributed by atoms with Crippen molar-refractivity contribution in [2.45, 2.75) is 26.2 Å². The first-order valence-corrected chi connectivity index (χ1v) is 10.5. The number of fused-ring (bicyclic) bond motifs is 1. The van der Waals surface area contributed by atoms with E-state index in [1.165, 1.54) is 18.2 Å². The number of aryl methyl sites for hydroxylation is 1. The van der Waals surface area contributed by atoms with Crippen molar-refractivity contribution in [3.05, 3.63) is 89.5 Å². The molecule has 4 aromatic carbocycles. The van der Waals surface area contributed by atoms with E-state index in [9.17, 15) is 13.2 Å². The molecular formula is C27H22F4O. The molecule has 5 heteroatoms. The molecule has 0 saturated heterocycles. The largest absolute Gasteiger partial charge is 0.491 e. The van der Waals surface area contributed by atoms with Crippen LogP contribution in [0.1, 0.15) is 25.3 Å². The van der Waals surface area contributed by atoms with Crippen molar-refractivity contribution in [3.8, 4) is 28.0 Å². The molecular weight excluding hydrogens is 416 g/mol. The first-order valence-electron chi connectivity index (χ1n) is 10.5. The zero-order chi connectivity index (χ0) is 22.8. The van der Waals surface area contributed by atoms with Gasteiger partial charge in [-0.2, -0.15) is 0 Å². The van der Waals surface area contributed by atoms with E-state index < -0.39 is 29.0 Å². The molecule has 32 heavy (non-hydrogen) atoms. The molecule has 0 fully saturated rings. The summed E-state index contributed by atoms with van der Waals surface area (Å²) in [5.74, 6) is -3.52. The maximum atomic E-state index is 15.2. The lowest BCUT2D eigenvalue weighted by atomic mass is 9.96. The Kier molecular flexibility index (Phi) is 6.17. The van der Waals surface area contributed by atoms with Gasteiger partial charge in [0, 0.05) is 16.5 Å². The first-order chi connectivity index (χ1) is 15.4. The monoisotopic (exact) mass is 438 g/mol. The Morgan fingerprint density at radius 2 is 1.41 bits per heavy atom. The van der Waals surface area contributed by atoms with E-state index >= 15 is 4.39 Å². The third-order valence-electron chi connectivity index (χ3n) is 5.63. The number of halogens is 4. The van der Waals surface area contributed by atoms with Crippen LogP contribution >= 0.6 is 0 Å². The van der Waals surface area contributed by atoms with E-state index in [2.05, 4.69) is 11.7 Å². The second-order valence-corrected chi connectivity index (χ2v) is 7.75. The number of hydrogen-bond acceptors (Lipinski definition) is 1. The predicted molar refractivity (Wildman–Crippen MR) is 120 cm³/mol. The highest BCUT2D eigenvalue weighted by Gasteiger charge is 2.16. The van der Waals surface area contributed by atoms with E-state index in [4.69, 9.17) is 0 Å². The van der Waals surface area contributed by atoms with Gasteiger partial charge >= 0.3 is 0 Å². The van der Waals surface area contributed by atoms with Crippen LogP contribution in [0.5, 0.6) is 5.75 Å². The Labute approximate surface area is 184 Å². The lowest BCUT2D eigenvalue weighted by Gasteiger charge is -2.11. The normalized spacial score (nSPS) is 11.2. The lowest BCUT2D eigenvalue weighted by Crippen LogP contribution is -1.95. The van der Waals surface area contributed by atoms with Gasteiger partial charge in [-0.1, -0.05) is 55.8 Å². The quantitative estimate of drug-likeness (QED) is 0.277. The summed E-state index contributed by atoms with van der Waals surface area (Å²) in [6.07, 6.45) is 3.09. The molecule has 0 saturated carbocycles. The van der Waals surface area contributed by atoms with Crippen LogP contribution in [0.15, 0.2) is 60.7 Å². The second-order valence-electron chi connectivity index (χ2n) is 7.75. The van der Waals surface area contributed by atoms with E-state index in [0.717, 1.165) is 49.5 Å². The molecule has 164 valence electrons. The Morgan fingerprint density at radius 1 is 0.719 bits per heavy atom. The summed E-state index contributed by atoms with van der Waals surface area (Å²) in [4.78, 5) is 0. The summed E-state index contributed by atoms with van der Waals surface area (Å²) in [7, 11) is 1.15. The topological polar surface area (TPSA) is 9.23 Å². The van der Waals surface area contributed by atoms with Crippen LogP contribution in [0.4, 0.5) is 17.6 Å². The first kappa shape index (κ1) is 21.9. The predicted octanol–water partition coefficient (Wildman–Crippen LogP) is 8.08. The SMILES string of the molecule is CCCCc1ccc2c(F)c(-c3ccc(-c4cc(F)c(OC)c(F)c4)c(F)c3)ccc2c1. The van der Waals surface area contributed by atoms with Crippen LogP contribution < -0.4 is 4.74 Å². The number of ether oxygens (including phenoxy) is 1. The average Bonchev–Trinajstić information content (AvgIpc) is 2.77. The summed E-state index contributed by atoms with van der Waals surface area (Å²) in [5, 5.41) is 1.26. The zero-order valence-electron chi connectivity index (χ0n) is 17.8. The third kappa shape index (κ3) is 4.07. The van der Waals surface area contributed by atoms with E-state index in [-0.39, 0.29) is 16.7 Å². The van der Waals surface area contributed by atoms with Crippen LogP contribution in [-0.2, 0) is 6.42 Å². The van der Waals surface area contributed by atoms with Crippen LogP contribution in [-0.4, -0.2) is 7.11 Å². The van der Waals surface area contributed by atoms with Crippen LogP contribution in [0.3, 0.4) is 0 Å². The second kappa shape index (κ2) is 9.03. The number of unbranched alkanes of at least 4 members (excludes halogenated alkanes) is 1. The fraction of sp³-hybridized carbons (Fsp3) is 0.185. The van der Waals surface area contributed by atoms with Gasteiger partial charge in [0.05, 0.1) is 7.11 Å². The molecule has 1 nitrogen and oxygen atoms in total. The van der Waals surface area contributed by atoms with Crippen molar-refractivity contribution in [2.24, 2.45) is 0 Å². The minimum absolute atomic E-state index is 0.0102. The number of hydrogen-bond donors (Lipinski definition) is 0. The van der Waals surface area contributed by atoms with Gasteiger partial charge in [-0.25, -0.2) is 17.6 Å². The molecule has 0 amide bonds. The summed E-state index contributed by atoms with van der Waals surface area (Å²) in [6.45, 7) is 2.12. The Hall–Kier alpha value is -3.34. The van der Waals surface area contributed by atoms with Gasteiger partial charge in [0.25, 0.3) is 0 Å². The van der Waals surface area contributed by atoms with Gasteiger partial charge in [-0.05, 0) is 53.1 Å². The molecule has 0 radical (unpaired) electrons. The van der Waals surface area contributed by atoms with Crippen LogP contribution in [0, 0.1) is 23.3 Å². The van der Waals surface area contributed by atoms with Gasteiger partial charge in [-0.3, -0.25) is 0 Å². The fourth-order valence-corrected chi connectivity index (χ4v) is 3.93. The minimum Gasteiger partial charge on any atom is -0.491 e. The number of methoxy groups -OCH3 is 1. The van der Waals surface area contributed by atoms with Crippen molar-refractivity contribution in [1.82, 2.24) is 0 Å². The molecule has 0 heterocycles. The van der Waals surface area contributed by atoms with Crippen molar-refractivity contribution in [2.75, 3.05) is 7.11 Å². The lowest BCUT2D eigenvalue weighted by molar-refractivity contribution is 0.360. The van der Waals surface area contributed by atoms with E-state index in [0.29, 0.717) is 10.9 Å². The van der Waals surface area contributed by atoms with E-state index in [1.807, 2.05) is 18.2 Å².